The van der Waals surface area contributed by atoms with Crippen LogP contribution in [0.15, 0.2) is 54.6 Å². The number of nitrogens with zero attached hydrogens (tertiary/aromatic N) is 2. The van der Waals surface area contributed by atoms with Crippen molar-refractivity contribution in [1.82, 2.24) is 10.2 Å². The zero-order chi connectivity index (χ0) is 29.2. The van der Waals surface area contributed by atoms with E-state index in [0.29, 0.717) is 31.6 Å². The van der Waals surface area contributed by atoms with E-state index < -0.39 is 16.1 Å². The van der Waals surface area contributed by atoms with E-state index in [0.717, 1.165) is 29.6 Å². The van der Waals surface area contributed by atoms with Gasteiger partial charge >= 0.3 is 0 Å². The lowest BCUT2D eigenvalue weighted by Gasteiger charge is -2.57. The second kappa shape index (κ2) is 12.2. The molecule has 41 heavy (non-hydrogen) atoms. The molecule has 1 N–H and O–H groups in total. The molecule has 4 bridgehead atoms. The molecule has 4 aliphatic carbocycles. The lowest BCUT2D eigenvalue weighted by atomic mass is 9.48. The molecule has 1 atom stereocenters. The van der Waals surface area contributed by atoms with Gasteiger partial charge in [0.1, 0.15) is 12.6 Å². The van der Waals surface area contributed by atoms with Gasteiger partial charge in [-0.25, -0.2) is 8.42 Å². The van der Waals surface area contributed by atoms with Crippen molar-refractivity contribution in [3.05, 3.63) is 65.7 Å². The normalized spacial score (nSPS) is 25.5. The van der Waals surface area contributed by atoms with E-state index >= 15 is 0 Å². The van der Waals surface area contributed by atoms with Gasteiger partial charge in [-0.2, -0.15) is 0 Å². The second-order valence-electron chi connectivity index (χ2n) is 12.7. The summed E-state index contributed by atoms with van der Waals surface area (Å²) in [5, 5.41) is 2.84. The number of amides is 2. The summed E-state index contributed by atoms with van der Waals surface area (Å²) in [7, 11) is -3.75. The Labute approximate surface area is 245 Å². The second-order valence-corrected chi connectivity index (χ2v) is 14.6. The van der Waals surface area contributed by atoms with Crippen molar-refractivity contribution in [1.29, 1.82) is 0 Å². The Balaban J connectivity index is 1.37. The van der Waals surface area contributed by atoms with Gasteiger partial charge in [-0.15, -0.1) is 0 Å². The summed E-state index contributed by atoms with van der Waals surface area (Å²) in [6.07, 6.45) is 9.98. The van der Waals surface area contributed by atoms with Crippen molar-refractivity contribution >= 4 is 27.5 Å². The molecule has 2 amide bonds. The summed E-state index contributed by atoms with van der Waals surface area (Å²) in [5.41, 5.74) is 3.07. The first-order valence-corrected chi connectivity index (χ1v) is 17.2. The quantitative estimate of drug-likeness (QED) is 0.387. The predicted molar refractivity (Wildman–Crippen MR) is 163 cm³/mol. The van der Waals surface area contributed by atoms with Crippen LogP contribution in [0.3, 0.4) is 0 Å². The SMILES string of the molecule is CCNC(=O)C(CC)N(CCc1ccccc1)C(=O)CN(c1ccc(C23CC4CC(CC(C4)C2)C3)cc1)S(C)(=O)=O. The minimum absolute atomic E-state index is 0.217. The number of hydrogen-bond acceptors (Lipinski definition) is 4. The summed E-state index contributed by atoms with van der Waals surface area (Å²) in [4.78, 5) is 28.3. The average Bonchev–Trinajstić information content (AvgIpc) is 2.93. The van der Waals surface area contributed by atoms with Crippen molar-refractivity contribution < 1.29 is 18.0 Å². The molecule has 7 nitrogen and oxygen atoms in total. The number of benzene rings is 2. The van der Waals surface area contributed by atoms with Crippen molar-refractivity contribution in [2.24, 2.45) is 17.8 Å². The average molecular weight is 580 g/mol. The molecule has 0 aromatic heterocycles. The van der Waals surface area contributed by atoms with E-state index in [1.807, 2.05) is 56.3 Å². The maximum absolute atomic E-state index is 13.8. The van der Waals surface area contributed by atoms with E-state index in [1.165, 1.54) is 48.4 Å². The molecule has 0 radical (unpaired) electrons. The first-order chi connectivity index (χ1) is 19.6. The van der Waals surface area contributed by atoms with Crippen molar-refractivity contribution in [2.75, 3.05) is 30.2 Å². The lowest BCUT2D eigenvalue weighted by Crippen LogP contribution is -2.53. The largest absolute Gasteiger partial charge is 0.355 e. The molecule has 4 saturated carbocycles. The van der Waals surface area contributed by atoms with E-state index in [4.69, 9.17) is 0 Å². The van der Waals surface area contributed by atoms with Crippen molar-refractivity contribution in [3.63, 3.8) is 0 Å². The smallest absolute Gasteiger partial charge is 0.244 e. The van der Waals surface area contributed by atoms with Crippen LogP contribution in [-0.2, 0) is 31.4 Å². The Morgan fingerprint density at radius 2 is 1.51 bits per heavy atom. The lowest BCUT2D eigenvalue weighted by molar-refractivity contribution is -0.139. The molecular formula is C33H45N3O4S. The van der Waals surface area contributed by atoms with E-state index in [9.17, 15) is 18.0 Å². The molecular weight excluding hydrogens is 534 g/mol. The fourth-order valence-electron chi connectivity index (χ4n) is 8.25. The summed E-state index contributed by atoms with van der Waals surface area (Å²) >= 11 is 0. The van der Waals surface area contributed by atoms with Crippen LogP contribution in [0, 0.1) is 17.8 Å². The zero-order valence-corrected chi connectivity index (χ0v) is 25.5. The highest BCUT2D eigenvalue weighted by Gasteiger charge is 2.51. The fourth-order valence-corrected chi connectivity index (χ4v) is 9.10. The molecule has 2 aromatic carbocycles. The van der Waals surface area contributed by atoms with Gasteiger partial charge < -0.3 is 10.2 Å². The van der Waals surface area contributed by atoms with Gasteiger partial charge in [-0.05, 0) is 105 Å². The highest BCUT2D eigenvalue weighted by Crippen LogP contribution is 2.60. The van der Waals surface area contributed by atoms with Crippen LogP contribution in [0.5, 0.6) is 0 Å². The van der Waals surface area contributed by atoms with Crippen LogP contribution >= 0.6 is 0 Å². The Hall–Kier alpha value is -2.87. The number of anilines is 1. The summed E-state index contributed by atoms with van der Waals surface area (Å²) in [5.74, 6) is 1.87. The Bertz CT molecular complexity index is 1290. The van der Waals surface area contributed by atoms with E-state index in [-0.39, 0.29) is 23.8 Å². The molecule has 4 fully saturated rings. The molecule has 0 heterocycles. The van der Waals surface area contributed by atoms with Gasteiger partial charge in [0.15, 0.2) is 0 Å². The zero-order valence-electron chi connectivity index (χ0n) is 24.7. The topological polar surface area (TPSA) is 86.8 Å². The first-order valence-electron chi connectivity index (χ1n) is 15.3. The van der Waals surface area contributed by atoms with Crippen LogP contribution in [0.4, 0.5) is 5.69 Å². The minimum Gasteiger partial charge on any atom is -0.355 e. The highest BCUT2D eigenvalue weighted by atomic mass is 32.2. The van der Waals surface area contributed by atoms with Crippen molar-refractivity contribution in [2.45, 2.75) is 76.7 Å². The number of carbonyl (C=O) groups excluding carboxylic acids is 2. The number of likely N-dealkylation sites (N-methyl/N-ethyl adjacent to an activating group) is 1. The Kier molecular flexibility index (Phi) is 8.78. The molecule has 222 valence electrons. The monoisotopic (exact) mass is 579 g/mol. The van der Waals surface area contributed by atoms with Crippen LogP contribution in [0.1, 0.15) is 69.9 Å². The molecule has 6 rings (SSSR count). The van der Waals surface area contributed by atoms with Gasteiger partial charge in [0, 0.05) is 13.1 Å². The molecule has 0 spiro atoms. The summed E-state index contributed by atoms with van der Waals surface area (Å²) < 4.78 is 27.2. The Morgan fingerprint density at radius 3 is 2.02 bits per heavy atom. The van der Waals surface area contributed by atoms with E-state index in [2.05, 4.69) is 17.4 Å². The summed E-state index contributed by atoms with van der Waals surface area (Å²) in [6.45, 7) is 4.16. The fraction of sp³-hybridized carbons (Fsp3) is 0.576. The summed E-state index contributed by atoms with van der Waals surface area (Å²) in [6, 6.07) is 17.1. The molecule has 8 heteroatoms. The van der Waals surface area contributed by atoms with Crippen LogP contribution in [-0.4, -0.2) is 57.1 Å². The van der Waals surface area contributed by atoms with Crippen LogP contribution in [0.2, 0.25) is 0 Å². The number of nitrogens with one attached hydrogen (secondary N) is 1. The maximum atomic E-state index is 13.8. The molecule has 0 aliphatic heterocycles. The van der Waals surface area contributed by atoms with Gasteiger partial charge in [-0.3, -0.25) is 13.9 Å². The molecule has 1 unspecified atom stereocenters. The Morgan fingerprint density at radius 1 is 0.927 bits per heavy atom. The number of hydrogen-bond donors (Lipinski definition) is 1. The first kappa shape index (κ1) is 29.6. The highest BCUT2D eigenvalue weighted by molar-refractivity contribution is 7.92. The standard InChI is InChI=1S/C33H45N3O4S/c1-4-30(32(38)34-5-2)35(16-15-24-9-7-6-8-10-24)31(37)23-36(41(3,39)40)29-13-11-28(12-14-29)33-20-25-17-26(21-33)19-27(18-25)22-33/h6-14,25-27,30H,4-5,15-23H2,1-3H3,(H,34,38). The molecule has 0 saturated heterocycles. The van der Waals surface area contributed by atoms with Crippen LogP contribution < -0.4 is 9.62 Å². The van der Waals surface area contributed by atoms with Gasteiger partial charge in [0.05, 0.1) is 11.9 Å². The van der Waals surface area contributed by atoms with E-state index in [1.54, 1.807) is 4.90 Å². The third-order valence-corrected chi connectivity index (χ3v) is 10.8. The van der Waals surface area contributed by atoms with Crippen LogP contribution in [0.25, 0.3) is 0 Å². The number of sulfonamides is 1. The van der Waals surface area contributed by atoms with Crippen molar-refractivity contribution in [3.8, 4) is 0 Å². The van der Waals surface area contributed by atoms with Gasteiger partial charge in [0.25, 0.3) is 0 Å². The third kappa shape index (κ3) is 6.47. The predicted octanol–water partition coefficient (Wildman–Crippen LogP) is 4.91. The van der Waals surface area contributed by atoms with Gasteiger partial charge in [0.2, 0.25) is 21.8 Å². The molecule has 4 aliphatic rings. The minimum atomic E-state index is -3.75. The maximum Gasteiger partial charge on any atom is 0.244 e. The number of rotatable bonds is 12. The number of carbonyl (C=O) groups is 2. The third-order valence-electron chi connectivity index (χ3n) is 9.71. The van der Waals surface area contributed by atoms with Gasteiger partial charge in [-0.1, -0.05) is 49.4 Å². The molecule has 2 aromatic rings.